The number of rotatable bonds is 1. The fraction of sp³-hybridized carbons (Fsp3) is 0.400. The first kappa shape index (κ1) is 8.85. The SMILES string of the molecule is O[C@@H]1CCN(c2ccc(Cl)cc2)C1. The van der Waals surface area contributed by atoms with Crippen LogP contribution in [0.4, 0.5) is 5.69 Å². The second-order valence-corrected chi connectivity index (χ2v) is 3.80. The lowest BCUT2D eigenvalue weighted by Gasteiger charge is -2.17. The van der Waals surface area contributed by atoms with E-state index in [9.17, 15) is 5.11 Å². The summed E-state index contributed by atoms with van der Waals surface area (Å²) in [6.45, 7) is 1.67. The molecule has 0 bridgehead atoms. The van der Waals surface area contributed by atoms with Gasteiger partial charge in [0.15, 0.2) is 0 Å². The molecule has 70 valence electrons. The number of aliphatic hydroxyl groups excluding tert-OH is 1. The molecule has 0 amide bonds. The number of anilines is 1. The van der Waals surface area contributed by atoms with E-state index in [0.29, 0.717) is 0 Å². The molecule has 1 atom stereocenters. The van der Waals surface area contributed by atoms with Crippen molar-refractivity contribution in [2.45, 2.75) is 12.5 Å². The van der Waals surface area contributed by atoms with E-state index in [1.54, 1.807) is 0 Å². The summed E-state index contributed by atoms with van der Waals surface area (Å²) in [5, 5.41) is 10.1. The van der Waals surface area contributed by atoms with Gasteiger partial charge in [0.2, 0.25) is 0 Å². The maximum absolute atomic E-state index is 9.35. The van der Waals surface area contributed by atoms with Crippen LogP contribution in [-0.4, -0.2) is 24.3 Å². The lowest BCUT2D eigenvalue weighted by atomic mass is 10.3. The minimum atomic E-state index is -0.171. The number of halogens is 1. The highest BCUT2D eigenvalue weighted by molar-refractivity contribution is 6.30. The van der Waals surface area contributed by atoms with Crippen LogP contribution in [-0.2, 0) is 0 Å². The van der Waals surface area contributed by atoms with E-state index in [1.807, 2.05) is 24.3 Å². The molecule has 1 aliphatic heterocycles. The molecule has 3 heteroatoms. The molecule has 2 rings (SSSR count). The Kier molecular flexibility index (Phi) is 2.42. The van der Waals surface area contributed by atoms with Gasteiger partial charge in [-0.05, 0) is 30.7 Å². The third-order valence-corrected chi connectivity index (χ3v) is 2.61. The Hall–Kier alpha value is -0.730. The van der Waals surface area contributed by atoms with Crippen LogP contribution in [0.2, 0.25) is 5.02 Å². The van der Waals surface area contributed by atoms with Crippen LogP contribution in [0.1, 0.15) is 6.42 Å². The van der Waals surface area contributed by atoms with Crippen LogP contribution in [0.3, 0.4) is 0 Å². The Balaban J connectivity index is 2.13. The Morgan fingerprint density at radius 2 is 2.00 bits per heavy atom. The van der Waals surface area contributed by atoms with Crippen molar-refractivity contribution in [1.29, 1.82) is 0 Å². The first-order chi connectivity index (χ1) is 6.25. The van der Waals surface area contributed by atoms with Crippen molar-refractivity contribution in [3.8, 4) is 0 Å². The van der Waals surface area contributed by atoms with E-state index < -0.39 is 0 Å². The zero-order valence-electron chi connectivity index (χ0n) is 7.28. The molecule has 1 N–H and O–H groups in total. The first-order valence-corrected chi connectivity index (χ1v) is 4.82. The van der Waals surface area contributed by atoms with E-state index in [-0.39, 0.29) is 6.10 Å². The van der Waals surface area contributed by atoms with Gasteiger partial charge in [0.25, 0.3) is 0 Å². The van der Waals surface area contributed by atoms with Crippen LogP contribution in [0.5, 0.6) is 0 Å². The lowest BCUT2D eigenvalue weighted by Crippen LogP contribution is -2.20. The largest absolute Gasteiger partial charge is 0.391 e. The number of nitrogens with zero attached hydrogens (tertiary/aromatic N) is 1. The van der Waals surface area contributed by atoms with Gasteiger partial charge in [0.05, 0.1) is 6.10 Å². The first-order valence-electron chi connectivity index (χ1n) is 4.44. The van der Waals surface area contributed by atoms with Crippen LogP contribution in [0.25, 0.3) is 0 Å². The highest BCUT2D eigenvalue weighted by Crippen LogP contribution is 2.21. The van der Waals surface area contributed by atoms with E-state index in [2.05, 4.69) is 4.90 Å². The maximum atomic E-state index is 9.35. The molecular weight excluding hydrogens is 186 g/mol. The summed E-state index contributed by atoms with van der Waals surface area (Å²) in [5.74, 6) is 0. The number of hydrogen-bond donors (Lipinski definition) is 1. The molecule has 0 unspecified atom stereocenters. The lowest BCUT2D eigenvalue weighted by molar-refractivity contribution is 0.198. The maximum Gasteiger partial charge on any atom is 0.0731 e. The fourth-order valence-electron chi connectivity index (χ4n) is 1.63. The van der Waals surface area contributed by atoms with Gasteiger partial charge in [-0.1, -0.05) is 11.6 Å². The Morgan fingerprint density at radius 3 is 2.54 bits per heavy atom. The fourth-order valence-corrected chi connectivity index (χ4v) is 1.75. The van der Waals surface area contributed by atoms with Gasteiger partial charge in [-0.15, -0.1) is 0 Å². The minimum Gasteiger partial charge on any atom is -0.391 e. The van der Waals surface area contributed by atoms with Gasteiger partial charge in [0, 0.05) is 23.8 Å². The van der Waals surface area contributed by atoms with Crippen LogP contribution < -0.4 is 4.90 Å². The van der Waals surface area contributed by atoms with Gasteiger partial charge < -0.3 is 10.0 Å². The van der Waals surface area contributed by atoms with Crippen molar-refractivity contribution in [3.63, 3.8) is 0 Å². The molecule has 13 heavy (non-hydrogen) atoms. The van der Waals surface area contributed by atoms with E-state index >= 15 is 0 Å². The highest BCUT2D eigenvalue weighted by Gasteiger charge is 2.19. The summed E-state index contributed by atoms with van der Waals surface area (Å²) in [6, 6.07) is 7.73. The predicted octanol–water partition coefficient (Wildman–Crippen LogP) is 1.91. The van der Waals surface area contributed by atoms with Crippen molar-refractivity contribution in [3.05, 3.63) is 29.3 Å². The van der Waals surface area contributed by atoms with Crippen LogP contribution in [0.15, 0.2) is 24.3 Å². The van der Waals surface area contributed by atoms with E-state index in [1.165, 1.54) is 0 Å². The minimum absolute atomic E-state index is 0.171. The Morgan fingerprint density at radius 1 is 1.31 bits per heavy atom. The molecule has 1 heterocycles. The Bertz CT molecular complexity index is 285. The zero-order valence-corrected chi connectivity index (χ0v) is 8.04. The smallest absolute Gasteiger partial charge is 0.0731 e. The van der Waals surface area contributed by atoms with Crippen molar-refractivity contribution in [1.82, 2.24) is 0 Å². The quantitative estimate of drug-likeness (QED) is 0.744. The van der Waals surface area contributed by atoms with Gasteiger partial charge in [-0.25, -0.2) is 0 Å². The summed E-state index contributed by atoms with van der Waals surface area (Å²) >= 11 is 5.78. The monoisotopic (exact) mass is 197 g/mol. The van der Waals surface area contributed by atoms with Gasteiger partial charge in [-0.3, -0.25) is 0 Å². The molecule has 0 aliphatic carbocycles. The van der Waals surface area contributed by atoms with Crippen molar-refractivity contribution >= 4 is 17.3 Å². The summed E-state index contributed by atoms with van der Waals surface area (Å²) < 4.78 is 0. The molecule has 1 aliphatic rings. The highest BCUT2D eigenvalue weighted by atomic mass is 35.5. The normalized spacial score (nSPS) is 22.3. The summed E-state index contributed by atoms with van der Waals surface area (Å²) in [7, 11) is 0. The second kappa shape index (κ2) is 3.56. The van der Waals surface area contributed by atoms with Gasteiger partial charge >= 0.3 is 0 Å². The Labute approximate surface area is 82.7 Å². The topological polar surface area (TPSA) is 23.5 Å². The molecule has 1 saturated heterocycles. The van der Waals surface area contributed by atoms with E-state index in [0.717, 1.165) is 30.2 Å². The van der Waals surface area contributed by atoms with Crippen molar-refractivity contribution in [2.24, 2.45) is 0 Å². The average Bonchev–Trinajstić information content (AvgIpc) is 2.53. The third-order valence-electron chi connectivity index (χ3n) is 2.36. The van der Waals surface area contributed by atoms with Crippen molar-refractivity contribution < 1.29 is 5.11 Å². The molecule has 1 aromatic carbocycles. The number of hydrogen-bond acceptors (Lipinski definition) is 2. The molecule has 1 fully saturated rings. The molecule has 0 aromatic heterocycles. The molecule has 0 radical (unpaired) electrons. The van der Waals surface area contributed by atoms with E-state index in [4.69, 9.17) is 11.6 Å². The summed E-state index contributed by atoms with van der Waals surface area (Å²) in [5.41, 5.74) is 1.14. The second-order valence-electron chi connectivity index (χ2n) is 3.36. The van der Waals surface area contributed by atoms with Crippen LogP contribution >= 0.6 is 11.6 Å². The molecule has 1 aromatic rings. The predicted molar refractivity (Wildman–Crippen MR) is 54.3 cm³/mol. The van der Waals surface area contributed by atoms with Crippen LogP contribution in [0, 0.1) is 0 Å². The number of aliphatic hydroxyl groups is 1. The van der Waals surface area contributed by atoms with Gasteiger partial charge in [-0.2, -0.15) is 0 Å². The summed E-state index contributed by atoms with van der Waals surface area (Å²) in [6.07, 6.45) is 0.693. The third kappa shape index (κ3) is 1.95. The standard InChI is InChI=1S/C10H12ClNO/c11-8-1-3-9(4-2-8)12-6-5-10(13)7-12/h1-4,10,13H,5-7H2/t10-/m1/s1. The molecule has 0 saturated carbocycles. The number of benzene rings is 1. The zero-order chi connectivity index (χ0) is 9.26. The van der Waals surface area contributed by atoms with Crippen molar-refractivity contribution in [2.75, 3.05) is 18.0 Å². The average molecular weight is 198 g/mol. The summed E-state index contributed by atoms with van der Waals surface area (Å²) in [4.78, 5) is 2.17. The van der Waals surface area contributed by atoms with Gasteiger partial charge in [0.1, 0.15) is 0 Å². The molecular formula is C10H12ClNO. The molecule has 0 spiro atoms. The number of β-amino-alcohol motifs (C(OH)–C–C–N with tert-alkyl or cyclic N) is 1. The molecule has 2 nitrogen and oxygen atoms in total.